The van der Waals surface area contributed by atoms with Crippen molar-refractivity contribution in [2.75, 3.05) is 10.7 Å². The van der Waals surface area contributed by atoms with Crippen molar-refractivity contribution >= 4 is 29.3 Å². The molecule has 0 unspecified atom stereocenters. The molecule has 0 spiro atoms. The van der Waals surface area contributed by atoms with Crippen LogP contribution in [0.25, 0.3) is 0 Å². The topological polar surface area (TPSA) is 98.0 Å². The van der Waals surface area contributed by atoms with Crippen molar-refractivity contribution in [3.63, 3.8) is 0 Å². The van der Waals surface area contributed by atoms with Crippen molar-refractivity contribution < 1.29 is 17.9 Å². The zero-order valence-corrected chi connectivity index (χ0v) is 15.3. The lowest BCUT2D eigenvalue weighted by molar-refractivity contribution is -0.274. The average Bonchev–Trinajstić information content (AvgIpc) is 2.64. The molecule has 0 amide bonds. The van der Waals surface area contributed by atoms with E-state index in [0.717, 1.165) is 10.5 Å². The Hall–Kier alpha value is -3.05. The monoisotopic (exact) mass is 408 g/mol. The van der Waals surface area contributed by atoms with E-state index in [4.69, 9.17) is 5.84 Å². The van der Waals surface area contributed by atoms with Gasteiger partial charge in [0, 0.05) is 10.6 Å². The number of hydrogen-bond acceptors (Lipinski definition) is 8. The summed E-state index contributed by atoms with van der Waals surface area (Å²) in [5, 5.41) is 3.29. The van der Waals surface area contributed by atoms with E-state index in [1.807, 2.05) is 31.2 Å². The highest BCUT2D eigenvalue weighted by atomic mass is 32.2. The number of ether oxygens (including phenoxy) is 1. The van der Waals surface area contributed by atoms with Crippen LogP contribution in [0, 0.1) is 6.92 Å². The van der Waals surface area contributed by atoms with Gasteiger partial charge >= 0.3 is 6.36 Å². The molecule has 3 aromatic rings. The summed E-state index contributed by atoms with van der Waals surface area (Å²) in [7, 11) is 0. The zero-order chi connectivity index (χ0) is 20.1. The molecule has 4 N–H and O–H groups in total. The lowest BCUT2D eigenvalue weighted by Crippen LogP contribution is -2.17. The molecule has 1 heterocycles. The second kappa shape index (κ2) is 8.31. The van der Waals surface area contributed by atoms with Gasteiger partial charge in [-0.2, -0.15) is 15.0 Å². The summed E-state index contributed by atoms with van der Waals surface area (Å²) in [6, 6.07) is 13.0. The van der Waals surface area contributed by atoms with E-state index < -0.39 is 6.36 Å². The minimum absolute atomic E-state index is 0.143. The molecular weight excluding hydrogens is 393 g/mol. The predicted molar refractivity (Wildman–Crippen MR) is 99.3 cm³/mol. The van der Waals surface area contributed by atoms with Crippen molar-refractivity contribution in [3.05, 3.63) is 54.1 Å². The second-order valence-electron chi connectivity index (χ2n) is 5.52. The Morgan fingerprint density at radius 3 is 2.18 bits per heavy atom. The second-order valence-corrected chi connectivity index (χ2v) is 6.56. The smallest absolute Gasteiger partial charge is 0.406 e. The fourth-order valence-electron chi connectivity index (χ4n) is 2.10. The number of alkyl halides is 3. The molecule has 0 aliphatic rings. The minimum atomic E-state index is -4.74. The third kappa shape index (κ3) is 5.72. The van der Waals surface area contributed by atoms with Crippen molar-refractivity contribution in [2.24, 2.45) is 5.84 Å². The quantitative estimate of drug-likeness (QED) is 0.411. The number of nitrogens with zero attached hydrogens (tertiary/aromatic N) is 3. The van der Waals surface area contributed by atoms with E-state index in [-0.39, 0.29) is 17.6 Å². The maximum Gasteiger partial charge on any atom is 0.573 e. The number of aromatic nitrogens is 3. The van der Waals surface area contributed by atoms with Gasteiger partial charge in [-0.1, -0.05) is 17.7 Å². The fourth-order valence-corrected chi connectivity index (χ4v) is 2.85. The first-order valence-corrected chi connectivity index (χ1v) is 8.72. The van der Waals surface area contributed by atoms with Crippen LogP contribution < -0.4 is 21.3 Å². The van der Waals surface area contributed by atoms with Crippen LogP contribution in [0.1, 0.15) is 5.56 Å². The predicted octanol–water partition coefficient (Wildman–Crippen LogP) is 4.26. The number of hydrogen-bond donors (Lipinski definition) is 3. The highest BCUT2D eigenvalue weighted by Gasteiger charge is 2.30. The number of nitrogens with one attached hydrogen (secondary N) is 2. The SMILES string of the molecule is Cc1ccc(Sc2nc(NN)nc(Nc3ccc(OC(F)(F)F)cc3)n2)cc1. The van der Waals surface area contributed by atoms with E-state index >= 15 is 0 Å². The molecule has 0 atom stereocenters. The summed E-state index contributed by atoms with van der Waals surface area (Å²) in [5.41, 5.74) is 3.96. The van der Waals surface area contributed by atoms with Gasteiger partial charge in [-0.25, -0.2) is 5.84 Å². The molecule has 3 rings (SSSR count). The molecule has 11 heteroatoms. The van der Waals surface area contributed by atoms with Gasteiger partial charge < -0.3 is 10.1 Å². The van der Waals surface area contributed by atoms with Crippen LogP contribution in [-0.2, 0) is 0 Å². The number of hydrazine groups is 1. The summed E-state index contributed by atoms with van der Waals surface area (Å²) in [6.07, 6.45) is -4.74. The van der Waals surface area contributed by atoms with Crippen molar-refractivity contribution in [1.29, 1.82) is 0 Å². The first-order valence-electron chi connectivity index (χ1n) is 7.91. The van der Waals surface area contributed by atoms with Crippen LogP contribution >= 0.6 is 11.8 Å². The van der Waals surface area contributed by atoms with Gasteiger partial charge in [-0.15, -0.1) is 13.2 Å². The first-order chi connectivity index (χ1) is 13.3. The highest BCUT2D eigenvalue weighted by Crippen LogP contribution is 2.28. The standard InChI is InChI=1S/C17H15F3N6OS/c1-10-2-8-13(9-3-10)28-16-24-14(23-15(25-16)26-21)22-11-4-6-12(7-5-11)27-17(18,19)20/h2-9H,21H2,1H3,(H2,22,23,24,25,26). The van der Waals surface area contributed by atoms with E-state index in [0.29, 0.717) is 10.8 Å². The van der Waals surface area contributed by atoms with Crippen LogP contribution in [0.2, 0.25) is 0 Å². The molecular formula is C17H15F3N6OS. The number of aryl methyl sites for hydroxylation is 1. The Balaban J connectivity index is 1.77. The van der Waals surface area contributed by atoms with Crippen LogP contribution in [0.15, 0.2) is 58.6 Å². The van der Waals surface area contributed by atoms with Crippen molar-refractivity contribution in [3.8, 4) is 5.75 Å². The van der Waals surface area contributed by atoms with Crippen LogP contribution in [-0.4, -0.2) is 21.3 Å². The molecule has 0 aliphatic carbocycles. The summed E-state index contributed by atoms with van der Waals surface area (Å²) in [5.74, 6) is 5.41. The van der Waals surface area contributed by atoms with Gasteiger partial charge in [0.15, 0.2) is 5.16 Å². The van der Waals surface area contributed by atoms with Gasteiger partial charge in [0.05, 0.1) is 0 Å². The van der Waals surface area contributed by atoms with Gasteiger partial charge in [-0.05, 0) is 55.1 Å². The summed E-state index contributed by atoms with van der Waals surface area (Å²) in [4.78, 5) is 13.5. The first kappa shape index (κ1) is 19.7. The summed E-state index contributed by atoms with van der Waals surface area (Å²) < 4.78 is 40.5. The van der Waals surface area contributed by atoms with E-state index in [1.165, 1.54) is 36.0 Å². The van der Waals surface area contributed by atoms with Gasteiger partial charge in [0.2, 0.25) is 11.9 Å². The molecule has 0 radical (unpaired) electrons. The van der Waals surface area contributed by atoms with Crippen LogP contribution in [0.5, 0.6) is 5.75 Å². The molecule has 146 valence electrons. The number of nitrogens with two attached hydrogens (primary N) is 1. The van der Waals surface area contributed by atoms with Gasteiger partial charge in [0.25, 0.3) is 0 Å². The van der Waals surface area contributed by atoms with E-state index in [9.17, 15) is 13.2 Å². The van der Waals surface area contributed by atoms with Crippen LogP contribution in [0.3, 0.4) is 0 Å². The molecule has 2 aromatic carbocycles. The lowest BCUT2D eigenvalue weighted by Gasteiger charge is -2.11. The molecule has 7 nitrogen and oxygen atoms in total. The Morgan fingerprint density at radius 1 is 0.929 bits per heavy atom. The lowest BCUT2D eigenvalue weighted by atomic mass is 10.2. The average molecular weight is 408 g/mol. The summed E-state index contributed by atoms with van der Waals surface area (Å²) in [6.45, 7) is 1.99. The van der Waals surface area contributed by atoms with Gasteiger partial charge in [0.1, 0.15) is 5.75 Å². The third-order valence-corrected chi connectivity index (χ3v) is 4.19. The number of benzene rings is 2. The minimum Gasteiger partial charge on any atom is -0.406 e. The molecule has 0 fully saturated rings. The normalized spacial score (nSPS) is 11.2. The Morgan fingerprint density at radius 2 is 1.57 bits per heavy atom. The number of anilines is 3. The number of rotatable bonds is 6. The van der Waals surface area contributed by atoms with Crippen molar-refractivity contribution in [1.82, 2.24) is 15.0 Å². The third-order valence-electron chi connectivity index (χ3n) is 3.32. The Labute approximate surface area is 162 Å². The maximum atomic E-state index is 12.2. The number of nitrogen functional groups attached to an aromatic ring is 1. The fraction of sp³-hybridized carbons (Fsp3) is 0.118. The van der Waals surface area contributed by atoms with E-state index in [1.54, 1.807) is 0 Å². The molecule has 0 saturated carbocycles. The Bertz CT molecular complexity index is 935. The molecule has 0 saturated heterocycles. The van der Waals surface area contributed by atoms with Crippen LogP contribution in [0.4, 0.5) is 30.8 Å². The molecule has 1 aromatic heterocycles. The molecule has 0 bridgehead atoms. The maximum absolute atomic E-state index is 12.2. The van der Waals surface area contributed by atoms with Gasteiger partial charge in [-0.3, -0.25) is 5.43 Å². The summed E-state index contributed by atoms with van der Waals surface area (Å²) >= 11 is 1.32. The number of halogens is 3. The Kier molecular flexibility index (Phi) is 5.85. The zero-order valence-electron chi connectivity index (χ0n) is 14.5. The van der Waals surface area contributed by atoms with Crippen molar-refractivity contribution in [2.45, 2.75) is 23.3 Å². The molecule has 0 aliphatic heterocycles. The largest absolute Gasteiger partial charge is 0.573 e. The molecule has 28 heavy (non-hydrogen) atoms. The van der Waals surface area contributed by atoms with E-state index in [2.05, 4.69) is 30.4 Å². The highest BCUT2D eigenvalue weighted by molar-refractivity contribution is 7.99.